The molecule has 0 radical (unpaired) electrons. The van der Waals surface area contributed by atoms with Gasteiger partial charge in [0, 0.05) is 21.6 Å². The van der Waals surface area contributed by atoms with E-state index in [0.717, 1.165) is 20.9 Å². The largest absolute Gasteiger partial charge is 0.370 e. The van der Waals surface area contributed by atoms with E-state index in [2.05, 4.69) is 41.7 Å². The van der Waals surface area contributed by atoms with Crippen molar-refractivity contribution in [1.82, 2.24) is 20.4 Å². The number of nitrogens with zero attached hydrogens (tertiary/aromatic N) is 2. The Kier molecular flexibility index (Phi) is 3.96. The van der Waals surface area contributed by atoms with Crippen LogP contribution in [-0.4, -0.2) is 27.8 Å². The summed E-state index contributed by atoms with van der Waals surface area (Å²) in [6.07, 6.45) is 2.47. The first-order chi connectivity index (χ1) is 10.6. The molecule has 9 heteroatoms. The number of anilines is 1. The van der Waals surface area contributed by atoms with E-state index in [1.807, 2.05) is 24.4 Å². The molecule has 0 saturated carbocycles. The first-order valence-electron chi connectivity index (χ1n) is 6.51. The van der Waals surface area contributed by atoms with Gasteiger partial charge in [0.1, 0.15) is 0 Å². The Hall–Kier alpha value is -2.55. The van der Waals surface area contributed by atoms with Crippen LogP contribution in [0.3, 0.4) is 0 Å². The van der Waals surface area contributed by atoms with E-state index in [9.17, 15) is 0 Å². The van der Waals surface area contributed by atoms with Gasteiger partial charge in [-0.05, 0) is 22.9 Å². The number of guanidine groups is 1. The van der Waals surface area contributed by atoms with Crippen molar-refractivity contribution in [1.29, 1.82) is 5.41 Å². The molecule has 0 saturated heterocycles. The minimum atomic E-state index is -0.124. The number of halogens is 1. The number of hydrogen-bond donors (Lipinski definition) is 5. The van der Waals surface area contributed by atoms with Gasteiger partial charge in [0.2, 0.25) is 5.89 Å². The van der Waals surface area contributed by atoms with Crippen molar-refractivity contribution in [3.05, 3.63) is 40.3 Å². The van der Waals surface area contributed by atoms with E-state index in [1.54, 1.807) is 0 Å². The van der Waals surface area contributed by atoms with E-state index >= 15 is 0 Å². The van der Waals surface area contributed by atoms with Crippen molar-refractivity contribution in [2.45, 2.75) is 6.42 Å². The number of H-pyrrole nitrogens is 1. The lowest BCUT2D eigenvalue weighted by atomic mass is 10.1. The second-order valence-corrected chi connectivity index (χ2v) is 5.55. The number of nitrogens with one attached hydrogen (secondary N) is 4. The molecule has 1 aromatic carbocycles. The third kappa shape index (κ3) is 3.19. The van der Waals surface area contributed by atoms with Gasteiger partial charge in [-0.15, -0.1) is 0 Å². The summed E-state index contributed by atoms with van der Waals surface area (Å²) in [5.74, 6) is 0.738. The zero-order valence-electron chi connectivity index (χ0n) is 11.5. The molecule has 3 rings (SSSR count). The van der Waals surface area contributed by atoms with Gasteiger partial charge in [-0.1, -0.05) is 22.0 Å². The quantitative estimate of drug-likeness (QED) is 0.267. The van der Waals surface area contributed by atoms with Crippen molar-refractivity contribution in [2.75, 3.05) is 12.0 Å². The molecule has 0 amide bonds. The number of nitrogens with two attached hydrogens (primary N) is 1. The summed E-state index contributed by atoms with van der Waals surface area (Å²) in [5, 5.41) is 17.4. The highest BCUT2D eigenvalue weighted by Crippen LogP contribution is 2.24. The van der Waals surface area contributed by atoms with Crippen LogP contribution in [0, 0.1) is 5.41 Å². The Bertz CT molecular complexity index is 810. The topological polar surface area (TPSA) is 129 Å². The number of fused-ring (bicyclic) bond motifs is 1. The Morgan fingerprint density at radius 1 is 1.45 bits per heavy atom. The van der Waals surface area contributed by atoms with Crippen LogP contribution in [0.4, 0.5) is 5.95 Å². The molecule has 3 aromatic rings. The zero-order valence-corrected chi connectivity index (χ0v) is 13.1. The molecule has 0 fully saturated rings. The molecular formula is C13H14BrN7O. The highest BCUT2D eigenvalue weighted by atomic mass is 79.9. The highest BCUT2D eigenvalue weighted by Gasteiger charge is 2.10. The lowest BCUT2D eigenvalue weighted by Gasteiger charge is -2.01. The monoisotopic (exact) mass is 363 g/mol. The molecule has 0 bridgehead atoms. The Labute approximate surface area is 134 Å². The molecule has 2 aromatic heterocycles. The lowest BCUT2D eigenvalue weighted by molar-refractivity contribution is 0.386. The van der Waals surface area contributed by atoms with Crippen molar-refractivity contribution in [3.63, 3.8) is 0 Å². The fraction of sp³-hybridized carbons (Fsp3) is 0.154. The predicted molar refractivity (Wildman–Crippen MR) is 86.6 cm³/mol. The van der Waals surface area contributed by atoms with Crippen LogP contribution in [0.1, 0.15) is 11.5 Å². The minimum absolute atomic E-state index is 0.124. The van der Waals surface area contributed by atoms with Crippen LogP contribution in [0.15, 0.2) is 33.4 Å². The van der Waals surface area contributed by atoms with Crippen LogP contribution in [0.2, 0.25) is 0 Å². The number of hydrogen-bond acceptors (Lipinski definition) is 5. The van der Waals surface area contributed by atoms with E-state index in [0.29, 0.717) is 18.3 Å². The number of aromatic amines is 1. The first-order valence-corrected chi connectivity index (χ1v) is 7.31. The van der Waals surface area contributed by atoms with Gasteiger partial charge in [-0.3, -0.25) is 5.41 Å². The average Bonchev–Trinajstić information content (AvgIpc) is 3.06. The lowest BCUT2D eigenvalue weighted by Crippen LogP contribution is -2.34. The fourth-order valence-electron chi connectivity index (χ4n) is 2.08. The number of benzene rings is 1. The van der Waals surface area contributed by atoms with Crippen molar-refractivity contribution in [2.24, 2.45) is 5.73 Å². The normalized spacial score (nSPS) is 10.8. The van der Waals surface area contributed by atoms with Gasteiger partial charge in [0.05, 0.1) is 13.1 Å². The van der Waals surface area contributed by atoms with Crippen molar-refractivity contribution >= 4 is 38.7 Å². The summed E-state index contributed by atoms with van der Waals surface area (Å²) in [7, 11) is 0. The molecule has 0 atom stereocenters. The standard InChI is InChI=1S/C13H14BrN7O/c14-8-1-2-9-7(5-17-10(9)4-8)3-11-20-13(21-22-11)19-6-18-12(15)16/h1-2,4-5,17H,3,6H2,(H,19,21)(H4,15,16,18). The number of rotatable bonds is 5. The van der Waals surface area contributed by atoms with Gasteiger partial charge in [0.25, 0.3) is 5.95 Å². The van der Waals surface area contributed by atoms with Gasteiger partial charge in [-0.2, -0.15) is 4.98 Å². The maximum atomic E-state index is 7.04. The molecular weight excluding hydrogens is 350 g/mol. The highest BCUT2D eigenvalue weighted by molar-refractivity contribution is 9.10. The summed E-state index contributed by atoms with van der Waals surface area (Å²) in [6, 6.07) is 6.05. The molecule has 0 aliphatic heterocycles. The maximum absolute atomic E-state index is 7.04. The van der Waals surface area contributed by atoms with Gasteiger partial charge >= 0.3 is 0 Å². The molecule has 0 unspecified atom stereocenters. The molecule has 22 heavy (non-hydrogen) atoms. The number of aromatic nitrogens is 3. The molecule has 114 valence electrons. The zero-order chi connectivity index (χ0) is 15.5. The Morgan fingerprint density at radius 2 is 2.32 bits per heavy atom. The minimum Gasteiger partial charge on any atom is -0.370 e. The summed E-state index contributed by atoms with van der Waals surface area (Å²) in [6.45, 7) is 0.259. The second kappa shape index (κ2) is 6.06. The van der Waals surface area contributed by atoms with E-state index < -0.39 is 0 Å². The first kappa shape index (κ1) is 14.4. The molecule has 0 aliphatic carbocycles. The average molecular weight is 364 g/mol. The van der Waals surface area contributed by atoms with Crippen LogP contribution >= 0.6 is 15.9 Å². The maximum Gasteiger partial charge on any atom is 0.264 e. The third-order valence-corrected chi connectivity index (χ3v) is 3.56. The SMILES string of the molecule is N=C(N)NCNc1noc(Cc2c[nH]c3cc(Br)ccc23)n1. The summed E-state index contributed by atoms with van der Waals surface area (Å²) in [4.78, 5) is 7.46. The van der Waals surface area contributed by atoms with Gasteiger partial charge in [-0.25, -0.2) is 0 Å². The molecule has 8 nitrogen and oxygen atoms in total. The molecule has 0 spiro atoms. The van der Waals surface area contributed by atoms with Gasteiger partial charge < -0.3 is 25.9 Å². The second-order valence-electron chi connectivity index (χ2n) is 4.64. The fourth-order valence-corrected chi connectivity index (χ4v) is 2.45. The van der Waals surface area contributed by atoms with Crippen LogP contribution in [-0.2, 0) is 6.42 Å². The van der Waals surface area contributed by atoms with Crippen molar-refractivity contribution in [3.8, 4) is 0 Å². The van der Waals surface area contributed by atoms with Crippen LogP contribution in [0.5, 0.6) is 0 Å². The molecule has 6 N–H and O–H groups in total. The van der Waals surface area contributed by atoms with E-state index in [-0.39, 0.29) is 12.6 Å². The van der Waals surface area contributed by atoms with Crippen LogP contribution < -0.4 is 16.4 Å². The Morgan fingerprint density at radius 3 is 3.14 bits per heavy atom. The molecule has 2 heterocycles. The van der Waals surface area contributed by atoms with Gasteiger partial charge in [0.15, 0.2) is 5.96 Å². The smallest absolute Gasteiger partial charge is 0.264 e. The van der Waals surface area contributed by atoms with Crippen molar-refractivity contribution < 1.29 is 4.52 Å². The molecule has 0 aliphatic rings. The summed E-state index contributed by atoms with van der Waals surface area (Å²) in [5.41, 5.74) is 7.31. The van der Waals surface area contributed by atoms with Crippen LogP contribution in [0.25, 0.3) is 10.9 Å². The predicted octanol–water partition coefficient (Wildman–Crippen LogP) is 1.76. The Balaban J connectivity index is 1.70. The van der Waals surface area contributed by atoms with E-state index in [1.165, 1.54) is 0 Å². The van der Waals surface area contributed by atoms with E-state index in [4.69, 9.17) is 15.7 Å². The summed E-state index contributed by atoms with van der Waals surface area (Å²) < 4.78 is 6.23. The summed E-state index contributed by atoms with van der Waals surface area (Å²) >= 11 is 3.45. The third-order valence-electron chi connectivity index (χ3n) is 3.06.